The van der Waals surface area contributed by atoms with E-state index in [9.17, 15) is 4.79 Å². The number of rotatable bonds is 1. The van der Waals surface area contributed by atoms with Gasteiger partial charge in [0.1, 0.15) is 12.4 Å². The van der Waals surface area contributed by atoms with E-state index < -0.39 is 5.97 Å². The third kappa shape index (κ3) is 1.27. The summed E-state index contributed by atoms with van der Waals surface area (Å²) in [5.74, 6) is -0.146. The monoisotopic (exact) mass is 190 g/mol. The second-order valence-corrected chi connectivity index (χ2v) is 3.19. The molecular weight excluding hydrogens is 180 g/mol. The Bertz CT molecular complexity index is 418. The van der Waals surface area contributed by atoms with Gasteiger partial charge in [-0.3, -0.25) is 0 Å². The summed E-state index contributed by atoms with van der Waals surface area (Å²) in [6.07, 6.45) is 0. The normalized spacial score (nSPS) is 14.6. The number of allylic oxidation sites excluding steroid dienone is 1. The first-order valence-electron chi connectivity index (χ1n) is 4.35. The zero-order valence-electron chi connectivity index (χ0n) is 7.78. The van der Waals surface area contributed by atoms with Crippen LogP contribution in [0.15, 0.2) is 29.8 Å². The molecule has 14 heavy (non-hydrogen) atoms. The van der Waals surface area contributed by atoms with E-state index in [2.05, 4.69) is 0 Å². The molecule has 0 aliphatic carbocycles. The van der Waals surface area contributed by atoms with E-state index >= 15 is 0 Å². The van der Waals surface area contributed by atoms with Crippen molar-refractivity contribution in [3.63, 3.8) is 0 Å². The fraction of sp³-hybridized carbons (Fsp3) is 0.182. The molecule has 1 aromatic carbocycles. The van der Waals surface area contributed by atoms with Gasteiger partial charge in [-0.15, -0.1) is 0 Å². The Kier molecular flexibility index (Phi) is 2.00. The van der Waals surface area contributed by atoms with Crippen molar-refractivity contribution in [2.24, 2.45) is 0 Å². The van der Waals surface area contributed by atoms with Crippen LogP contribution in [-0.4, -0.2) is 17.7 Å². The highest BCUT2D eigenvalue weighted by molar-refractivity contribution is 5.97. The quantitative estimate of drug-likeness (QED) is 0.736. The first kappa shape index (κ1) is 8.81. The number of carboxylic acids is 1. The van der Waals surface area contributed by atoms with Crippen molar-refractivity contribution in [1.82, 2.24) is 0 Å². The molecule has 1 N–H and O–H groups in total. The van der Waals surface area contributed by atoms with Gasteiger partial charge in [-0.2, -0.15) is 0 Å². The Balaban J connectivity index is 2.56. The van der Waals surface area contributed by atoms with Gasteiger partial charge in [-0.1, -0.05) is 18.2 Å². The van der Waals surface area contributed by atoms with Gasteiger partial charge in [0.25, 0.3) is 0 Å². The number of hydrogen-bond donors (Lipinski definition) is 1. The topological polar surface area (TPSA) is 46.5 Å². The molecule has 1 aromatic rings. The van der Waals surface area contributed by atoms with Gasteiger partial charge in [-0.05, 0) is 18.6 Å². The zero-order chi connectivity index (χ0) is 10.1. The van der Waals surface area contributed by atoms with Crippen LogP contribution in [-0.2, 0) is 4.79 Å². The predicted molar refractivity (Wildman–Crippen MR) is 52.2 cm³/mol. The lowest BCUT2D eigenvalue weighted by atomic mass is 9.99. The minimum atomic E-state index is -0.906. The summed E-state index contributed by atoms with van der Waals surface area (Å²) in [4.78, 5) is 10.8. The number of benzene rings is 1. The molecule has 0 bridgehead atoms. The summed E-state index contributed by atoms with van der Waals surface area (Å²) in [6, 6.07) is 7.46. The number of carboxylic acid groups (broad SMARTS) is 1. The lowest BCUT2D eigenvalue weighted by molar-refractivity contribution is -0.133. The summed E-state index contributed by atoms with van der Waals surface area (Å²) in [5.41, 5.74) is 2.00. The molecule has 0 fully saturated rings. The van der Waals surface area contributed by atoms with Gasteiger partial charge < -0.3 is 9.84 Å². The van der Waals surface area contributed by atoms with E-state index in [0.717, 1.165) is 16.9 Å². The van der Waals surface area contributed by atoms with Gasteiger partial charge in [0.15, 0.2) is 0 Å². The Labute approximate surface area is 81.6 Å². The Morgan fingerprint density at radius 3 is 2.86 bits per heavy atom. The number of para-hydroxylation sites is 1. The van der Waals surface area contributed by atoms with Crippen LogP contribution in [0.2, 0.25) is 0 Å². The van der Waals surface area contributed by atoms with E-state index in [-0.39, 0.29) is 6.61 Å². The lowest BCUT2D eigenvalue weighted by Crippen LogP contribution is -2.16. The molecule has 0 atom stereocenters. The van der Waals surface area contributed by atoms with Gasteiger partial charge >= 0.3 is 5.97 Å². The molecule has 3 heteroatoms. The van der Waals surface area contributed by atoms with Crippen LogP contribution >= 0.6 is 0 Å². The maximum atomic E-state index is 10.8. The second kappa shape index (κ2) is 3.18. The van der Waals surface area contributed by atoms with E-state index in [0.29, 0.717) is 5.57 Å². The van der Waals surface area contributed by atoms with Crippen LogP contribution < -0.4 is 4.74 Å². The molecule has 1 aliphatic rings. The van der Waals surface area contributed by atoms with Crippen molar-refractivity contribution >= 4 is 11.5 Å². The molecule has 0 radical (unpaired) electrons. The van der Waals surface area contributed by atoms with E-state index in [1.54, 1.807) is 0 Å². The minimum absolute atomic E-state index is 0.151. The highest BCUT2D eigenvalue weighted by Gasteiger charge is 2.20. The number of aliphatic carboxylic acids is 1. The van der Waals surface area contributed by atoms with Crippen LogP contribution in [0.5, 0.6) is 5.75 Å². The highest BCUT2D eigenvalue weighted by atomic mass is 16.5. The Hall–Kier alpha value is -1.77. The third-order valence-corrected chi connectivity index (χ3v) is 2.37. The van der Waals surface area contributed by atoms with Crippen molar-refractivity contribution in [3.8, 4) is 5.75 Å². The molecule has 0 aromatic heterocycles. The van der Waals surface area contributed by atoms with Crippen LogP contribution in [0.4, 0.5) is 0 Å². The molecule has 0 unspecified atom stereocenters. The molecule has 1 heterocycles. The van der Waals surface area contributed by atoms with Crippen LogP contribution in [0, 0.1) is 0 Å². The molecule has 2 rings (SSSR count). The van der Waals surface area contributed by atoms with Gasteiger partial charge in [0, 0.05) is 5.56 Å². The van der Waals surface area contributed by atoms with Crippen molar-refractivity contribution in [1.29, 1.82) is 0 Å². The van der Waals surface area contributed by atoms with Crippen LogP contribution in [0.25, 0.3) is 5.57 Å². The molecule has 72 valence electrons. The van der Waals surface area contributed by atoms with Gasteiger partial charge in [0.2, 0.25) is 0 Å². The Morgan fingerprint density at radius 2 is 2.14 bits per heavy atom. The standard InChI is InChI=1S/C11H10O3/c1-7-8-4-2-3-5-10(8)14-6-9(7)11(12)13/h2-5H,6H2,1H3,(H,12,13). The summed E-state index contributed by atoms with van der Waals surface area (Å²) in [5, 5.41) is 8.90. The number of ether oxygens (including phenoxy) is 1. The average Bonchev–Trinajstić information content (AvgIpc) is 2.18. The summed E-state index contributed by atoms with van der Waals surface area (Å²) < 4.78 is 5.33. The van der Waals surface area contributed by atoms with Gasteiger partial charge in [0.05, 0.1) is 5.57 Å². The summed E-state index contributed by atoms with van der Waals surface area (Å²) >= 11 is 0. The zero-order valence-corrected chi connectivity index (χ0v) is 7.78. The fourth-order valence-corrected chi connectivity index (χ4v) is 1.55. The summed E-state index contributed by atoms with van der Waals surface area (Å²) in [7, 11) is 0. The molecule has 0 amide bonds. The van der Waals surface area contributed by atoms with E-state index in [1.165, 1.54) is 0 Å². The SMILES string of the molecule is CC1=C(C(=O)O)COc2ccccc21. The first-order valence-corrected chi connectivity index (χ1v) is 4.35. The molecular formula is C11H10O3. The molecule has 0 saturated carbocycles. The maximum Gasteiger partial charge on any atom is 0.335 e. The van der Waals surface area contributed by atoms with Crippen LogP contribution in [0.1, 0.15) is 12.5 Å². The molecule has 1 aliphatic heterocycles. The highest BCUT2D eigenvalue weighted by Crippen LogP contribution is 2.32. The maximum absolute atomic E-state index is 10.8. The van der Waals surface area contributed by atoms with Crippen molar-refractivity contribution < 1.29 is 14.6 Å². The van der Waals surface area contributed by atoms with Crippen molar-refractivity contribution in [2.75, 3.05) is 6.61 Å². The molecule has 0 saturated heterocycles. The second-order valence-electron chi connectivity index (χ2n) is 3.19. The number of hydrogen-bond acceptors (Lipinski definition) is 2. The van der Waals surface area contributed by atoms with E-state index in [1.807, 2.05) is 31.2 Å². The predicted octanol–water partition coefficient (Wildman–Crippen LogP) is 1.94. The smallest absolute Gasteiger partial charge is 0.335 e. The number of fused-ring (bicyclic) bond motifs is 1. The number of carbonyl (C=O) groups is 1. The summed E-state index contributed by atoms with van der Waals surface area (Å²) in [6.45, 7) is 1.96. The van der Waals surface area contributed by atoms with E-state index in [4.69, 9.17) is 9.84 Å². The fourth-order valence-electron chi connectivity index (χ4n) is 1.55. The Morgan fingerprint density at radius 1 is 1.43 bits per heavy atom. The minimum Gasteiger partial charge on any atom is -0.488 e. The van der Waals surface area contributed by atoms with Crippen LogP contribution in [0.3, 0.4) is 0 Å². The average molecular weight is 190 g/mol. The van der Waals surface area contributed by atoms with Gasteiger partial charge in [-0.25, -0.2) is 4.79 Å². The first-order chi connectivity index (χ1) is 6.70. The van der Waals surface area contributed by atoms with Crippen molar-refractivity contribution in [2.45, 2.75) is 6.92 Å². The largest absolute Gasteiger partial charge is 0.488 e. The molecule has 0 spiro atoms. The third-order valence-electron chi connectivity index (χ3n) is 2.37. The molecule has 3 nitrogen and oxygen atoms in total. The lowest BCUT2D eigenvalue weighted by Gasteiger charge is -2.19. The van der Waals surface area contributed by atoms with Crippen molar-refractivity contribution in [3.05, 3.63) is 35.4 Å².